The molecule has 1 heterocycles. The van der Waals surface area contributed by atoms with Crippen molar-refractivity contribution in [2.45, 2.75) is 13.0 Å². The maximum atomic E-state index is 5.30. The number of hydrogen-bond acceptors (Lipinski definition) is 4. The van der Waals surface area contributed by atoms with Crippen LogP contribution in [0.2, 0.25) is 0 Å². The topological polar surface area (TPSA) is 30.5 Å². The van der Waals surface area contributed by atoms with Crippen LogP contribution in [0, 0.1) is 0 Å². The van der Waals surface area contributed by atoms with Gasteiger partial charge in [0.05, 0.1) is 14.2 Å². The molecule has 0 aliphatic heterocycles. The molecule has 20 heavy (non-hydrogen) atoms. The number of benzene rings is 1. The first kappa shape index (κ1) is 16.8. The molecule has 0 atom stereocenters. The number of thiophene rings is 1. The molecule has 0 radical (unpaired) electrons. The third kappa shape index (κ3) is 4.71. The van der Waals surface area contributed by atoms with Gasteiger partial charge < -0.3 is 14.8 Å². The second-order valence-electron chi connectivity index (χ2n) is 4.20. The molecule has 0 spiro atoms. The molecular formula is C15H20ClNO2S. The lowest BCUT2D eigenvalue weighted by atomic mass is 10.1. The first-order valence-corrected chi connectivity index (χ1v) is 7.15. The van der Waals surface area contributed by atoms with Crippen molar-refractivity contribution in [3.8, 4) is 11.5 Å². The Labute approximate surface area is 130 Å². The van der Waals surface area contributed by atoms with Gasteiger partial charge in [-0.25, -0.2) is 0 Å². The van der Waals surface area contributed by atoms with Crippen molar-refractivity contribution in [2.24, 2.45) is 0 Å². The molecule has 0 saturated heterocycles. The maximum Gasteiger partial charge on any atom is 0.160 e. The Kier molecular flexibility index (Phi) is 7.44. The van der Waals surface area contributed by atoms with E-state index < -0.39 is 0 Å². The molecule has 0 amide bonds. The molecule has 5 heteroatoms. The van der Waals surface area contributed by atoms with Crippen LogP contribution in [0.25, 0.3) is 0 Å². The van der Waals surface area contributed by atoms with Crippen molar-refractivity contribution >= 4 is 23.7 Å². The van der Waals surface area contributed by atoms with E-state index in [0.29, 0.717) is 0 Å². The van der Waals surface area contributed by atoms with Gasteiger partial charge in [-0.05, 0) is 42.1 Å². The lowest BCUT2D eigenvalue weighted by Crippen LogP contribution is -2.15. The summed E-state index contributed by atoms with van der Waals surface area (Å²) in [6.45, 7) is 1.89. The highest BCUT2D eigenvalue weighted by molar-refractivity contribution is 7.09. The molecule has 0 bridgehead atoms. The fourth-order valence-corrected chi connectivity index (χ4v) is 2.57. The molecule has 0 fully saturated rings. The molecule has 1 N–H and O–H groups in total. The van der Waals surface area contributed by atoms with Gasteiger partial charge in [0.15, 0.2) is 11.5 Å². The van der Waals surface area contributed by atoms with Gasteiger partial charge in [-0.1, -0.05) is 12.1 Å². The van der Waals surface area contributed by atoms with E-state index in [2.05, 4.69) is 28.9 Å². The summed E-state index contributed by atoms with van der Waals surface area (Å²) in [6, 6.07) is 10.3. The van der Waals surface area contributed by atoms with Crippen molar-refractivity contribution in [3.63, 3.8) is 0 Å². The summed E-state index contributed by atoms with van der Waals surface area (Å²) in [5.41, 5.74) is 1.25. The van der Waals surface area contributed by atoms with Crippen LogP contribution in [0.5, 0.6) is 11.5 Å². The first-order valence-electron chi connectivity index (χ1n) is 6.27. The lowest BCUT2D eigenvalue weighted by Gasteiger charge is -2.09. The van der Waals surface area contributed by atoms with E-state index in [0.717, 1.165) is 31.0 Å². The fourth-order valence-electron chi connectivity index (χ4n) is 1.89. The summed E-state index contributed by atoms with van der Waals surface area (Å²) >= 11 is 1.78. The fraction of sp³-hybridized carbons (Fsp3) is 0.333. The Bertz CT molecular complexity index is 503. The molecule has 3 nitrogen and oxygen atoms in total. The predicted molar refractivity (Wildman–Crippen MR) is 86.5 cm³/mol. The minimum Gasteiger partial charge on any atom is -0.493 e. The van der Waals surface area contributed by atoms with E-state index >= 15 is 0 Å². The molecule has 0 saturated carbocycles. The number of nitrogens with one attached hydrogen (secondary N) is 1. The van der Waals surface area contributed by atoms with Gasteiger partial charge in [-0.3, -0.25) is 0 Å². The maximum absolute atomic E-state index is 5.30. The van der Waals surface area contributed by atoms with Crippen LogP contribution in [0.1, 0.15) is 10.4 Å². The third-order valence-electron chi connectivity index (χ3n) is 2.92. The summed E-state index contributed by atoms with van der Waals surface area (Å²) in [7, 11) is 3.32. The van der Waals surface area contributed by atoms with Crippen LogP contribution in [0.15, 0.2) is 35.7 Å². The van der Waals surface area contributed by atoms with Crippen LogP contribution < -0.4 is 14.8 Å². The van der Waals surface area contributed by atoms with E-state index in [4.69, 9.17) is 9.47 Å². The second-order valence-corrected chi connectivity index (χ2v) is 5.23. The average molecular weight is 314 g/mol. The zero-order chi connectivity index (χ0) is 13.5. The Morgan fingerprint density at radius 2 is 1.90 bits per heavy atom. The zero-order valence-corrected chi connectivity index (χ0v) is 13.4. The van der Waals surface area contributed by atoms with Crippen molar-refractivity contribution in [1.29, 1.82) is 0 Å². The van der Waals surface area contributed by atoms with Gasteiger partial charge in [0.1, 0.15) is 0 Å². The highest BCUT2D eigenvalue weighted by Crippen LogP contribution is 2.27. The molecule has 2 rings (SSSR count). The van der Waals surface area contributed by atoms with Crippen LogP contribution in [-0.4, -0.2) is 20.8 Å². The van der Waals surface area contributed by atoms with Gasteiger partial charge in [0, 0.05) is 11.4 Å². The molecule has 2 aromatic rings. The summed E-state index contributed by atoms with van der Waals surface area (Å²) in [4.78, 5) is 1.37. The van der Waals surface area contributed by atoms with Gasteiger partial charge in [-0.15, -0.1) is 23.7 Å². The number of hydrogen-bond donors (Lipinski definition) is 1. The summed E-state index contributed by atoms with van der Waals surface area (Å²) in [5.74, 6) is 1.57. The quantitative estimate of drug-likeness (QED) is 0.793. The molecule has 1 aromatic heterocycles. The molecule has 0 unspecified atom stereocenters. The van der Waals surface area contributed by atoms with E-state index in [1.165, 1.54) is 10.4 Å². The monoisotopic (exact) mass is 313 g/mol. The summed E-state index contributed by atoms with van der Waals surface area (Å²) in [5, 5.41) is 5.54. The van der Waals surface area contributed by atoms with Crippen molar-refractivity contribution in [1.82, 2.24) is 5.32 Å². The SMILES string of the molecule is COc1ccc(CCNCc2cccs2)cc1OC.Cl. The van der Waals surface area contributed by atoms with E-state index in [1.54, 1.807) is 25.6 Å². The van der Waals surface area contributed by atoms with Gasteiger partial charge >= 0.3 is 0 Å². The number of rotatable bonds is 7. The van der Waals surface area contributed by atoms with Gasteiger partial charge in [-0.2, -0.15) is 0 Å². The molecular weight excluding hydrogens is 294 g/mol. The van der Waals surface area contributed by atoms with Gasteiger partial charge in [0.25, 0.3) is 0 Å². The minimum atomic E-state index is 0. The largest absolute Gasteiger partial charge is 0.493 e. The number of halogens is 1. The van der Waals surface area contributed by atoms with Crippen molar-refractivity contribution in [3.05, 3.63) is 46.2 Å². The Hall–Kier alpha value is -1.23. The molecule has 0 aliphatic rings. The highest BCUT2D eigenvalue weighted by atomic mass is 35.5. The Morgan fingerprint density at radius 1 is 1.10 bits per heavy atom. The first-order chi connectivity index (χ1) is 9.33. The van der Waals surface area contributed by atoms with Crippen LogP contribution >= 0.6 is 23.7 Å². The smallest absolute Gasteiger partial charge is 0.160 e. The van der Waals surface area contributed by atoms with Crippen LogP contribution in [0.4, 0.5) is 0 Å². The van der Waals surface area contributed by atoms with Crippen molar-refractivity contribution < 1.29 is 9.47 Å². The Balaban J connectivity index is 0.00000200. The Morgan fingerprint density at radius 3 is 2.55 bits per heavy atom. The van der Waals surface area contributed by atoms with Crippen molar-refractivity contribution in [2.75, 3.05) is 20.8 Å². The normalized spacial score (nSPS) is 9.90. The molecule has 110 valence electrons. The standard InChI is InChI=1S/C15H19NO2S.ClH/c1-17-14-6-5-12(10-15(14)18-2)7-8-16-11-13-4-3-9-19-13;/h3-6,9-10,16H,7-8,11H2,1-2H3;1H. The minimum absolute atomic E-state index is 0. The highest BCUT2D eigenvalue weighted by Gasteiger charge is 2.04. The number of methoxy groups -OCH3 is 2. The van der Waals surface area contributed by atoms with E-state index in [1.807, 2.05) is 12.1 Å². The van der Waals surface area contributed by atoms with E-state index in [9.17, 15) is 0 Å². The van der Waals surface area contributed by atoms with Gasteiger partial charge in [0.2, 0.25) is 0 Å². The molecule has 0 aliphatic carbocycles. The number of ether oxygens (including phenoxy) is 2. The van der Waals surface area contributed by atoms with Crippen LogP contribution in [0.3, 0.4) is 0 Å². The van der Waals surface area contributed by atoms with E-state index in [-0.39, 0.29) is 12.4 Å². The van der Waals surface area contributed by atoms with Crippen LogP contribution in [-0.2, 0) is 13.0 Å². The average Bonchev–Trinajstić information content (AvgIpc) is 2.96. The second kappa shape index (κ2) is 8.84. The zero-order valence-electron chi connectivity index (χ0n) is 11.7. The molecule has 1 aromatic carbocycles. The summed E-state index contributed by atoms with van der Waals surface area (Å²) in [6.07, 6.45) is 0.978. The third-order valence-corrected chi connectivity index (χ3v) is 3.79. The lowest BCUT2D eigenvalue weighted by molar-refractivity contribution is 0.354. The summed E-state index contributed by atoms with van der Waals surface area (Å²) < 4.78 is 10.5. The predicted octanol–water partition coefficient (Wildman–Crippen LogP) is 3.52.